The molecule has 0 saturated carbocycles. The van der Waals surface area contributed by atoms with E-state index in [1.54, 1.807) is 24.7 Å². The summed E-state index contributed by atoms with van der Waals surface area (Å²) in [6, 6.07) is 0. The van der Waals surface area contributed by atoms with Gasteiger partial charge < -0.3 is 21.4 Å². The Morgan fingerprint density at radius 2 is 1.91 bits per heavy atom. The molecule has 22 heavy (non-hydrogen) atoms. The van der Waals surface area contributed by atoms with E-state index >= 15 is 0 Å². The van der Waals surface area contributed by atoms with E-state index in [9.17, 15) is 0 Å². The van der Waals surface area contributed by atoms with Gasteiger partial charge in [0.1, 0.15) is 17.5 Å². The van der Waals surface area contributed by atoms with Gasteiger partial charge in [-0.25, -0.2) is 4.98 Å². The molecule has 0 amide bonds. The maximum Gasteiger partial charge on any atom is 0.147 e. The highest BCUT2D eigenvalue weighted by Crippen LogP contribution is 2.11. The molecule has 5 N–H and O–H groups in total. The smallest absolute Gasteiger partial charge is 0.147 e. The number of anilines is 1. The number of hydrazone groups is 1. The van der Waals surface area contributed by atoms with Crippen LogP contribution in [0.2, 0.25) is 0 Å². The summed E-state index contributed by atoms with van der Waals surface area (Å²) in [6.45, 7) is 7.10. The van der Waals surface area contributed by atoms with Gasteiger partial charge in [-0.1, -0.05) is 13.8 Å². The van der Waals surface area contributed by atoms with Gasteiger partial charge in [0.25, 0.3) is 0 Å². The molecule has 0 aromatic carbocycles. The predicted molar refractivity (Wildman–Crippen MR) is 89.8 cm³/mol. The number of aromatic nitrogens is 2. The van der Waals surface area contributed by atoms with Crippen LogP contribution in [0, 0.1) is 5.41 Å². The van der Waals surface area contributed by atoms with Crippen LogP contribution in [-0.2, 0) is 0 Å². The van der Waals surface area contributed by atoms with Crippen molar-refractivity contribution in [2.45, 2.75) is 13.8 Å². The summed E-state index contributed by atoms with van der Waals surface area (Å²) in [7, 11) is 0. The van der Waals surface area contributed by atoms with Gasteiger partial charge in [-0.3, -0.25) is 10.4 Å². The molecule has 0 spiro atoms. The minimum absolute atomic E-state index is 0.202. The van der Waals surface area contributed by atoms with Crippen LogP contribution in [0.15, 0.2) is 35.8 Å². The van der Waals surface area contributed by atoms with Crippen LogP contribution in [0.5, 0.6) is 0 Å². The molecule has 0 bridgehead atoms. The summed E-state index contributed by atoms with van der Waals surface area (Å²) in [5.41, 5.74) is 5.45. The number of amidine groups is 2. The average Bonchev–Trinajstić information content (AvgIpc) is 2.62. The first-order valence-electron chi connectivity index (χ1n) is 7.26. The first-order chi connectivity index (χ1) is 10.7. The lowest BCUT2D eigenvalue weighted by molar-refractivity contribution is 0.384. The summed E-state index contributed by atoms with van der Waals surface area (Å²) in [5.74, 6) is 6.50. The molecule has 2 heterocycles. The molecule has 2 rings (SSSR count). The summed E-state index contributed by atoms with van der Waals surface area (Å²) in [5, 5.41) is 11.3. The van der Waals surface area contributed by atoms with Gasteiger partial charge in [0.15, 0.2) is 0 Å². The fourth-order valence-electron chi connectivity index (χ4n) is 1.94. The number of nitrogens with two attached hydrogens (primary N) is 2. The van der Waals surface area contributed by atoms with Gasteiger partial charge in [-0.15, -0.1) is 0 Å². The third-order valence-corrected chi connectivity index (χ3v) is 3.05. The van der Waals surface area contributed by atoms with Crippen molar-refractivity contribution in [1.29, 1.82) is 5.41 Å². The van der Waals surface area contributed by atoms with Crippen molar-refractivity contribution in [3.63, 3.8) is 0 Å². The van der Waals surface area contributed by atoms with E-state index in [0.29, 0.717) is 5.84 Å². The van der Waals surface area contributed by atoms with Gasteiger partial charge in [-0.05, 0) is 12.2 Å². The zero-order valence-corrected chi connectivity index (χ0v) is 13.1. The minimum atomic E-state index is 0.202. The van der Waals surface area contributed by atoms with Crippen LogP contribution < -0.4 is 16.5 Å². The number of nitrogens with zero attached hydrogens (tertiary/aromatic N) is 5. The molecular weight excluding hydrogens is 280 g/mol. The van der Waals surface area contributed by atoms with Crippen LogP contribution in [-0.4, -0.2) is 52.7 Å². The van der Waals surface area contributed by atoms with Crippen molar-refractivity contribution in [1.82, 2.24) is 14.9 Å². The van der Waals surface area contributed by atoms with E-state index in [4.69, 9.17) is 17.0 Å². The third kappa shape index (κ3) is 5.04. The molecular formula is C14H24N8. The van der Waals surface area contributed by atoms with Crippen molar-refractivity contribution in [3.8, 4) is 0 Å². The van der Waals surface area contributed by atoms with E-state index in [-0.39, 0.29) is 5.84 Å². The van der Waals surface area contributed by atoms with Gasteiger partial charge in [-0.2, -0.15) is 5.10 Å². The van der Waals surface area contributed by atoms with Crippen LogP contribution in [0.4, 0.5) is 5.82 Å². The molecule has 0 aliphatic carbocycles. The molecule has 1 saturated heterocycles. The highest BCUT2D eigenvalue weighted by molar-refractivity contribution is 5.99. The van der Waals surface area contributed by atoms with Crippen molar-refractivity contribution in [3.05, 3.63) is 30.7 Å². The van der Waals surface area contributed by atoms with Crippen LogP contribution in [0.3, 0.4) is 0 Å². The Labute approximate surface area is 131 Å². The van der Waals surface area contributed by atoms with Crippen LogP contribution in [0.25, 0.3) is 0 Å². The van der Waals surface area contributed by atoms with E-state index in [1.165, 1.54) is 6.08 Å². The van der Waals surface area contributed by atoms with Gasteiger partial charge in [0.05, 0.1) is 6.20 Å². The first kappa shape index (κ1) is 17.4. The Bertz CT molecular complexity index is 503. The second kappa shape index (κ2) is 9.32. The fraction of sp³-hybridized carbons (Fsp3) is 0.429. The normalized spacial score (nSPS) is 15.5. The second-order valence-electron chi connectivity index (χ2n) is 4.31. The summed E-state index contributed by atoms with van der Waals surface area (Å²) in [4.78, 5) is 12.5. The highest BCUT2D eigenvalue weighted by atomic mass is 15.3. The Balaban J connectivity index is 0.00000116. The molecule has 8 nitrogen and oxygen atoms in total. The predicted octanol–water partition coefficient (Wildman–Crippen LogP) is 0.389. The summed E-state index contributed by atoms with van der Waals surface area (Å²) in [6.07, 6.45) is 8.21. The molecule has 8 heteroatoms. The molecule has 0 unspecified atom stereocenters. The maximum absolute atomic E-state index is 7.96. The lowest BCUT2D eigenvalue weighted by Gasteiger charge is -2.35. The lowest BCUT2D eigenvalue weighted by atomic mass is 10.3. The Hall–Kier alpha value is -2.64. The molecule has 1 fully saturated rings. The maximum atomic E-state index is 7.96. The zero-order valence-electron chi connectivity index (χ0n) is 13.1. The van der Waals surface area contributed by atoms with E-state index < -0.39 is 0 Å². The number of rotatable bonds is 3. The SMILES string of the molecule is CC.N=C(/C=C\C(N)=N\N)N1CCN(c2cnccn2)CC1. The average molecular weight is 304 g/mol. The molecule has 1 aromatic rings. The van der Waals surface area contributed by atoms with Gasteiger partial charge >= 0.3 is 0 Å². The summed E-state index contributed by atoms with van der Waals surface area (Å²) < 4.78 is 0. The van der Waals surface area contributed by atoms with E-state index in [0.717, 1.165) is 32.0 Å². The monoisotopic (exact) mass is 304 g/mol. The summed E-state index contributed by atoms with van der Waals surface area (Å²) >= 11 is 0. The van der Waals surface area contributed by atoms with Gasteiger partial charge in [0, 0.05) is 38.6 Å². The van der Waals surface area contributed by atoms with Crippen LogP contribution >= 0.6 is 0 Å². The standard InChI is InChI=1S/C12H18N8.C2H6/c13-10(18-15)1-2-11(14)19-5-7-20(8-6-19)12-9-16-3-4-17-12;1-2/h1-4,9,14H,5-8,15H2,(H2,13,18);1-2H3/b2-1-,14-11?;. The zero-order chi connectivity index (χ0) is 16.4. The topological polar surface area (TPSA) is 121 Å². The van der Waals surface area contributed by atoms with Crippen molar-refractivity contribution < 1.29 is 0 Å². The van der Waals surface area contributed by atoms with Crippen LogP contribution in [0.1, 0.15) is 13.8 Å². The lowest BCUT2D eigenvalue weighted by Crippen LogP contribution is -2.48. The molecule has 1 aliphatic heterocycles. The van der Waals surface area contributed by atoms with E-state index in [2.05, 4.69) is 20.0 Å². The Morgan fingerprint density at radius 1 is 1.23 bits per heavy atom. The number of piperazine rings is 1. The quantitative estimate of drug-likeness (QED) is 0.321. The molecule has 0 atom stereocenters. The van der Waals surface area contributed by atoms with Crippen molar-refractivity contribution >= 4 is 17.5 Å². The third-order valence-electron chi connectivity index (χ3n) is 3.05. The highest BCUT2D eigenvalue weighted by Gasteiger charge is 2.18. The van der Waals surface area contributed by atoms with E-state index in [1.807, 2.05) is 18.7 Å². The minimum Gasteiger partial charge on any atom is -0.382 e. The molecule has 0 radical (unpaired) electrons. The fourth-order valence-corrected chi connectivity index (χ4v) is 1.94. The largest absolute Gasteiger partial charge is 0.382 e. The first-order valence-corrected chi connectivity index (χ1v) is 7.26. The number of hydrogen-bond donors (Lipinski definition) is 3. The Morgan fingerprint density at radius 3 is 2.45 bits per heavy atom. The molecule has 120 valence electrons. The van der Waals surface area contributed by atoms with Crippen molar-refractivity contribution in [2.75, 3.05) is 31.1 Å². The van der Waals surface area contributed by atoms with Crippen molar-refractivity contribution in [2.24, 2.45) is 16.7 Å². The Kier molecular flexibility index (Phi) is 7.38. The number of nitrogens with one attached hydrogen (secondary N) is 1. The molecule has 1 aromatic heterocycles. The van der Waals surface area contributed by atoms with Gasteiger partial charge in [0.2, 0.25) is 0 Å². The molecule has 1 aliphatic rings. The number of hydrogen-bond acceptors (Lipinski definition) is 6. The second-order valence-corrected chi connectivity index (χ2v) is 4.31.